The van der Waals surface area contributed by atoms with E-state index in [4.69, 9.17) is 9.47 Å². The zero-order valence-electron chi connectivity index (χ0n) is 16.2. The van der Waals surface area contributed by atoms with Gasteiger partial charge in [0.25, 0.3) is 5.91 Å². The molecule has 2 rings (SSSR count). The SMILES string of the molecule is CCOc1ccc(CCN/C=C(/C#N)C(=O)NC2CCCC2)cc1OCC. The van der Waals surface area contributed by atoms with Gasteiger partial charge in [-0.2, -0.15) is 5.26 Å². The average Bonchev–Trinajstić information content (AvgIpc) is 3.17. The molecule has 0 radical (unpaired) electrons. The fourth-order valence-electron chi connectivity index (χ4n) is 3.12. The first-order chi connectivity index (χ1) is 13.2. The van der Waals surface area contributed by atoms with Crippen molar-refractivity contribution in [1.82, 2.24) is 10.6 Å². The van der Waals surface area contributed by atoms with Crippen molar-refractivity contribution in [3.63, 3.8) is 0 Å². The van der Waals surface area contributed by atoms with E-state index in [9.17, 15) is 10.1 Å². The van der Waals surface area contributed by atoms with Crippen molar-refractivity contribution < 1.29 is 14.3 Å². The van der Waals surface area contributed by atoms with Gasteiger partial charge in [-0.25, -0.2) is 0 Å². The van der Waals surface area contributed by atoms with Gasteiger partial charge in [-0.05, 0) is 50.8 Å². The van der Waals surface area contributed by atoms with Gasteiger partial charge in [-0.3, -0.25) is 4.79 Å². The summed E-state index contributed by atoms with van der Waals surface area (Å²) in [5, 5.41) is 15.2. The minimum absolute atomic E-state index is 0.114. The molecular weight excluding hydrogens is 342 g/mol. The van der Waals surface area contributed by atoms with E-state index in [1.807, 2.05) is 38.1 Å². The largest absolute Gasteiger partial charge is 0.490 e. The highest BCUT2D eigenvalue weighted by molar-refractivity contribution is 5.97. The Bertz CT molecular complexity index is 688. The van der Waals surface area contributed by atoms with Gasteiger partial charge in [0.15, 0.2) is 11.5 Å². The minimum Gasteiger partial charge on any atom is -0.490 e. The number of hydrogen-bond donors (Lipinski definition) is 2. The summed E-state index contributed by atoms with van der Waals surface area (Å²) in [6.45, 7) is 5.66. The molecule has 1 saturated carbocycles. The summed E-state index contributed by atoms with van der Waals surface area (Å²) in [6.07, 6.45) is 6.52. The van der Waals surface area contributed by atoms with E-state index in [1.165, 1.54) is 6.20 Å². The standard InChI is InChI=1S/C21H29N3O3/c1-3-26-19-10-9-16(13-20(19)27-4-2)11-12-23-15-17(14-22)21(25)24-18-7-5-6-8-18/h9-10,13,15,18,23H,3-8,11-12H2,1-2H3,(H,24,25)/b17-15-. The lowest BCUT2D eigenvalue weighted by atomic mass is 10.1. The van der Waals surface area contributed by atoms with Crippen molar-refractivity contribution in [3.05, 3.63) is 35.5 Å². The summed E-state index contributed by atoms with van der Waals surface area (Å²) < 4.78 is 11.2. The van der Waals surface area contributed by atoms with E-state index >= 15 is 0 Å². The van der Waals surface area contributed by atoms with Crippen molar-refractivity contribution in [3.8, 4) is 17.6 Å². The number of carbonyl (C=O) groups excluding carboxylic acids is 1. The Labute approximate surface area is 161 Å². The number of nitriles is 1. The third kappa shape index (κ3) is 6.52. The fourth-order valence-corrected chi connectivity index (χ4v) is 3.12. The van der Waals surface area contributed by atoms with Crippen LogP contribution in [-0.2, 0) is 11.2 Å². The van der Waals surface area contributed by atoms with Gasteiger partial charge in [0.2, 0.25) is 0 Å². The van der Waals surface area contributed by atoms with Crippen LogP contribution in [0.1, 0.15) is 45.1 Å². The van der Waals surface area contributed by atoms with Crippen LogP contribution in [0.3, 0.4) is 0 Å². The highest BCUT2D eigenvalue weighted by Crippen LogP contribution is 2.28. The molecule has 0 heterocycles. The van der Waals surface area contributed by atoms with Gasteiger partial charge in [-0.15, -0.1) is 0 Å². The number of carbonyl (C=O) groups is 1. The lowest BCUT2D eigenvalue weighted by molar-refractivity contribution is -0.117. The van der Waals surface area contributed by atoms with E-state index < -0.39 is 0 Å². The quantitative estimate of drug-likeness (QED) is 0.375. The van der Waals surface area contributed by atoms with Gasteiger partial charge in [0, 0.05) is 18.8 Å². The Morgan fingerprint density at radius 3 is 2.59 bits per heavy atom. The molecule has 0 aliphatic heterocycles. The molecule has 0 unspecified atom stereocenters. The average molecular weight is 371 g/mol. The molecule has 2 N–H and O–H groups in total. The van der Waals surface area contributed by atoms with E-state index in [1.54, 1.807) is 0 Å². The Morgan fingerprint density at radius 2 is 1.93 bits per heavy atom. The van der Waals surface area contributed by atoms with Crippen molar-refractivity contribution in [2.75, 3.05) is 19.8 Å². The van der Waals surface area contributed by atoms with E-state index in [0.29, 0.717) is 19.8 Å². The first-order valence-corrected chi connectivity index (χ1v) is 9.71. The van der Waals surface area contributed by atoms with Crippen molar-refractivity contribution in [2.24, 2.45) is 0 Å². The van der Waals surface area contributed by atoms with Crippen molar-refractivity contribution >= 4 is 5.91 Å². The maximum atomic E-state index is 12.1. The van der Waals surface area contributed by atoms with Crippen LogP contribution in [0.15, 0.2) is 30.0 Å². The number of amides is 1. The van der Waals surface area contributed by atoms with E-state index in [2.05, 4.69) is 10.6 Å². The predicted octanol–water partition coefficient (Wildman–Crippen LogP) is 3.08. The third-order valence-electron chi connectivity index (χ3n) is 4.47. The van der Waals surface area contributed by atoms with Gasteiger partial charge in [0.05, 0.1) is 13.2 Å². The second-order valence-corrected chi connectivity index (χ2v) is 6.48. The summed E-state index contributed by atoms with van der Waals surface area (Å²) in [6, 6.07) is 8.05. The van der Waals surface area contributed by atoms with Crippen LogP contribution < -0.4 is 20.1 Å². The van der Waals surface area contributed by atoms with E-state index in [0.717, 1.165) is 49.2 Å². The normalized spacial score (nSPS) is 14.5. The molecule has 0 spiro atoms. The Balaban J connectivity index is 1.86. The van der Waals surface area contributed by atoms with Crippen LogP contribution in [0.4, 0.5) is 0 Å². The fraction of sp³-hybridized carbons (Fsp3) is 0.524. The molecule has 6 nitrogen and oxygen atoms in total. The summed E-state index contributed by atoms with van der Waals surface area (Å²) in [5.74, 6) is 1.18. The number of nitrogens with zero attached hydrogens (tertiary/aromatic N) is 1. The molecule has 0 saturated heterocycles. The molecule has 27 heavy (non-hydrogen) atoms. The highest BCUT2D eigenvalue weighted by Gasteiger charge is 2.19. The highest BCUT2D eigenvalue weighted by atomic mass is 16.5. The second-order valence-electron chi connectivity index (χ2n) is 6.48. The Hall–Kier alpha value is -2.68. The maximum absolute atomic E-state index is 12.1. The molecule has 146 valence electrons. The monoisotopic (exact) mass is 371 g/mol. The predicted molar refractivity (Wildman–Crippen MR) is 105 cm³/mol. The number of ether oxygens (including phenoxy) is 2. The molecule has 6 heteroatoms. The zero-order valence-corrected chi connectivity index (χ0v) is 16.2. The van der Waals surface area contributed by atoms with Crippen molar-refractivity contribution in [1.29, 1.82) is 5.26 Å². The van der Waals surface area contributed by atoms with Gasteiger partial charge in [0.1, 0.15) is 11.6 Å². The number of hydrogen-bond acceptors (Lipinski definition) is 5. The first kappa shape index (κ1) is 20.6. The molecule has 1 aromatic rings. The number of rotatable bonds is 10. The summed E-state index contributed by atoms with van der Waals surface area (Å²) >= 11 is 0. The van der Waals surface area contributed by atoms with Crippen LogP contribution in [0.5, 0.6) is 11.5 Å². The Kier molecular flexibility index (Phi) is 8.50. The molecule has 0 atom stereocenters. The van der Waals surface area contributed by atoms with Crippen LogP contribution >= 0.6 is 0 Å². The van der Waals surface area contributed by atoms with Crippen LogP contribution in [0.2, 0.25) is 0 Å². The summed E-state index contributed by atoms with van der Waals surface area (Å²) in [5.41, 5.74) is 1.21. The zero-order chi connectivity index (χ0) is 19.5. The number of nitrogens with one attached hydrogen (secondary N) is 2. The lowest BCUT2D eigenvalue weighted by Crippen LogP contribution is -2.34. The molecule has 1 aliphatic carbocycles. The third-order valence-corrected chi connectivity index (χ3v) is 4.47. The van der Waals surface area contributed by atoms with Gasteiger partial charge in [-0.1, -0.05) is 18.9 Å². The first-order valence-electron chi connectivity index (χ1n) is 9.71. The van der Waals surface area contributed by atoms with Gasteiger partial charge < -0.3 is 20.1 Å². The molecule has 1 fully saturated rings. The van der Waals surface area contributed by atoms with Crippen LogP contribution in [-0.4, -0.2) is 31.7 Å². The second kappa shape index (κ2) is 11.1. The molecule has 1 amide bonds. The smallest absolute Gasteiger partial charge is 0.263 e. The molecule has 0 aromatic heterocycles. The van der Waals surface area contributed by atoms with Crippen LogP contribution in [0, 0.1) is 11.3 Å². The lowest BCUT2D eigenvalue weighted by Gasteiger charge is -2.13. The Morgan fingerprint density at radius 1 is 1.22 bits per heavy atom. The summed E-state index contributed by atoms with van der Waals surface area (Å²) in [4.78, 5) is 12.1. The topological polar surface area (TPSA) is 83.4 Å². The molecule has 1 aromatic carbocycles. The van der Waals surface area contributed by atoms with Crippen LogP contribution in [0.25, 0.3) is 0 Å². The molecule has 0 bridgehead atoms. The van der Waals surface area contributed by atoms with Gasteiger partial charge >= 0.3 is 0 Å². The van der Waals surface area contributed by atoms with Crippen molar-refractivity contribution in [2.45, 2.75) is 52.0 Å². The summed E-state index contributed by atoms with van der Waals surface area (Å²) in [7, 11) is 0. The number of benzene rings is 1. The molecule has 1 aliphatic rings. The van der Waals surface area contributed by atoms with E-state index in [-0.39, 0.29) is 17.5 Å². The maximum Gasteiger partial charge on any atom is 0.263 e. The molecular formula is C21H29N3O3. The minimum atomic E-state index is -0.295.